The Kier molecular flexibility index (Phi) is 2.82. The predicted octanol–water partition coefficient (Wildman–Crippen LogP) is 0.618. The minimum atomic E-state index is -0.672. The summed E-state index contributed by atoms with van der Waals surface area (Å²) in [6.07, 6.45) is 6.73. The molecule has 0 spiro atoms. The van der Waals surface area contributed by atoms with Crippen LogP contribution in [0.2, 0.25) is 0 Å². The molecule has 0 fully saturated rings. The highest BCUT2D eigenvalue weighted by Crippen LogP contribution is 2.01. The molecule has 14 heavy (non-hydrogen) atoms. The van der Waals surface area contributed by atoms with E-state index in [4.69, 9.17) is 6.42 Å². The van der Waals surface area contributed by atoms with E-state index in [9.17, 15) is 4.79 Å². The van der Waals surface area contributed by atoms with Crippen LogP contribution in [0.1, 0.15) is 24.3 Å². The Balaban J connectivity index is 2.75. The second-order valence-electron chi connectivity index (χ2n) is 3.33. The van der Waals surface area contributed by atoms with Crippen LogP contribution in [0.5, 0.6) is 0 Å². The summed E-state index contributed by atoms with van der Waals surface area (Å²) < 4.78 is 0. The van der Waals surface area contributed by atoms with Gasteiger partial charge in [0.1, 0.15) is 0 Å². The molecule has 1 amide bonds. The van der Waals surface area contributed by atoms with Crippen LogP contribution in [-0.4, -0.2) is 21.6 Å². The number of carbonyl (C=O) groups is 1. The van der Waals surface area contributed by atoms with E-state index in [2.05, 4.69) is 21.4 Å². The highest BCUT2D eigenvalue weighted by molar-refractivity contribution is 5.92. The molecule has 4 heteroatoms. The highest BCUT2D eigenvalue weighted by atomic mass is 16.2. The maximum atomic E-state index is 11.5. The van der Waals surface area contributed by atoms with Gasteiger partial charge in [-0.3, -0.25) is 4.79 Å². The van der Waals surface area contributed by atoms with Gasteiger partial charge < -0.3 is 5.32 Å². The summed E-state index contributed by atoms with van der Waals surface area (Å²) in [4.78, 5) is 11.5. The Labute approximate surface area is 82.7 Å². The molecule has 0 atom stereocenters. The Morgan fingerprint density at radius 2 is 2.36 bits per heavy atom. The van der Waals surface area contributed by atoms with Crippen molar-refractivity contribution in [2.45, 2.75) is 19.4 Å². The molecule has 1 aromatic rings. The molecule has 1 N–H and O–H groups in total. The van der Waals surface area contributed by atoms with Crippen LogP contribution in [0.4, 0.5) is 0 Å². The van der Waals surface area contributed by atoms with Crippen LogP contribution in [0, 0.1) is 12.3 Å². The van der Waals surface area contributed by atoms with Crippen LogP contribution in [0.3, 0.4) is 0 Å². The minimum absolute atomic E-state index is 0.260. The van der Waals surface area contributed by atoms with Crippen molar-refractivity contribution < 1.29 is 4.79 Å². The average molecular weight is 189 g/mol. The second kappa shape index (κ2) is 3.88. The first-order valence-electron chi connectivity index (χ1n) is 4.13. The lowest BCUT2D eigenvalue weighted by molar-refractivity contribution is 0.0923. The fraction of sp³-hybridized carbons (Fsp3) is 0.300. The molecular formula is C10H11N3O. The molecule has 0 aliphatic rings. The van der Waals surface area contributed by atoms with Gasteiger partial charge in [0.15, 0.2) is 5.69 Å². The molecule has 72 valence electrons. The van der Waals surface area contributed by atoms with Gasteiger partial charge in [0.05, 0.1) is 5.54 Å². The maximum Gasteiger partial charge on any atom is 0.272 e. The van der Waals surface area contributed by atoms with Crippen molar-refractivity contribution in [3.8, 4) is 12.3 Å². The van der Waals surface area contributed by atoms with Crippen molar-refractivity contribution >= 4 is 5.91 Å². The molecule has 0 saturated carbocycles. The lowest BCUT2D eigenvalue weighted by Gasteiger charge is -2.18. The monoisotopic (exact) mass is 189 g/mol. The Morgan fingerprint density at radius 1 is 1.64 bits per heavy atom. The number of rotatable bonds is 2. The summed E-state index contributed by atoms with van der Waals surface area (Å²) in [5.41, 5.74) is -0.412. The van der Waals surface area contributed by atoms with E-state index in [-0.39, 0.29) is 11.6 Å². The standard InChI is InChI=1S/C10H11N3O/c1-4-10(2,3)12-9(14)8-6-5-7-11-13-8/h1,5-7H,2-3H3,(H,12,14). The van der Waals surface area contributed by atoms with Crippen molar-refractivity contribution in [2.75, 3.05) is 0 Å². The summed E-state index contributed by atoms with van der Waals surface area (Å²) in [5, 5.41) is 9.91. The van der Waals surface area contributed by atoms with E-state index >= 15 is 0 Å². The van der Waals surface area contributed by atoms with Gasteiger partial charge in [-0.25, -0.2) is 0 Å². The van der Waals surface area contributed by atoms with E-state index in [1.807, 2.05) is 0 Å². The number of amides is 1. The Hall–Kier alpha value is -1.89. The number of carbonyl (C=O) groups excluding carboxylic acids is 1. The van der Waals surface area contributed by atoms with Crippen molar-refractivity contribution in [3.05, 3.63) is 24.0 Å². The van der Waals surface area contributed by atoms with Crippen molar-refractivity contribution in [2.24, 2.45) is 0 Å². The highest BCUT2D eigenvalue weighted by Gasteiger charge is 2.18. The van der Waals surface area contributed by atoms with Gasteiger partial charge in [-0.1, -0.05) is 5.92 Å². The van der Waals surface area contributed by atoms with E-state index in [1.54, 1.807) is 26.0 Å². The zero-order chi connectivity index (χ0) is 10.6. The number of hydrogen-bond donors (Lipinski definition) is 1. The van der Waals surface area contributed by atoms with Gasteiger partial charge in [0, 0.05) is 6.20 Å². The largest absolute Gasteiger partial charge is 0.335 e. The number of nitrogens with zero attached hydrogens (tertiary/aromatic N) is 2. The molecular weight excluding hydrogens is 178 g/mol. The molecule has 0 radical (unpaired) electrons. The first-order chi connectivity index (χ1) is 6.55. The smallest absolute Gasteiger partial charge is 0.272 e. The molecule has 1 rings (SSSR count). The molecule has 1 aromatic heterocycles. The average Bonchev–Trinajstić information content (AvgIpc) is 2.19. The third-order valence-corrected chi connectivity index (χ3v) is 1.59. The van der Waals surface area contributed by atoms with Gasteiger partial charge in [-0.15, -0.1) is 11.5 Å². The van der Waals surface area contributed by atoms with Crippen molar-refractivity contribution in [3.63, 3.8) is 0 Å². The molecule has 0 unspecified atom stereocenters. The Morgan fingerprint density at radius 3 is 2.86 bits per heavy atom. The lowest BCUT2D eigenvalue weighted by atomic mass is 10.1. The number of terminal acetylenes is 1. The van der Waals surface area contributed by atoms with Crippen LogP contribution in [0.15, 0.2) is 18.3 Å². The minimum Gasteiger partial charge on any atom is -0.335 e. The summed E-state index contributed by atoms with van der Waals surface area (Å²) >= 11 is 0. The van der Waals surface area contributed by atoms with Crippen LogP contribution >= 0.6 is 0 Å². The molecule has 0 aromatic carbocycles. The van der Waals surface area contributed by atoms with Gasteiger partial charge >= 0.3 is 0 Å². The van der Waals surface area contributed by atoms with Crippen LogP contribution in [0.25, 0.3) is 0 Å². The summed E-state index contributed by atoms with van der Waals surface area (Å²) in [5.74, 6) is 2.14. The third-order valence-electron chi connectivity index (χ3n) is 1.59. The molecule has 0 saturated heterocycles. The molecule has 0 aliphatic carbocycles. The van der Waals surface area contributed by atoms with Gasteiger partial charge in [-0.05, 0) is 26.0 Å². The number of nitrogens with one attached hydrogen (secondary N) is 1. The number of hydrogen-bond acceptors (Lipinski definition) is 3. The SMILES string of the molecule is C#CC(C)(C)NC(=O)c1cccnn1. The van der Waals surface area contributed by atoms with Crippen molar-refractivity contribution in [1.29, 1.82) is 0 Å². The van der Waals surface area contributed by atoms with E-state index < -0.39 is 5.54 Å². The van der Waals surface area contributed by atoms with E-state index in [0.717, 1.165) is 0 Å². The second-order valence-corrected chi connectivity index (χ2v) is 3.33. The normalized spacial score (nSPS) is 10.4. The van der Waals surface area contributed by atoms with Gasteiger partial charge in [-0.2, -0.15) is 5.10 Å². The third kappa shape index (κ3) is 2.56. The van der Waals surface area contributed by atoms with Crippen LogP contribution in [-0.2, 0) is 0 Å². The van der Waals surface area contributed by atoms with E-state index in [0.29, 0.717) is 0 Å². The molecule has 0 bridgehead atoms. The number of aromatic nitrogens is 2. The zero-order valence-electron chi connectivity index (χ0n) is 8.11. The maximum absolute atomic E-state index is 11.5. The summed E-state index contributed by atoms with van der Waals surface area (Å²) in [7, 11) is 0. The molecule has 1 heterocycles. The first kappa shape index (κ1) is 10.2. The van der Waals surface area contributed by atoms with Gasteiger partial charge in [0.2, 0.25) is 0 Å². The Bertz CT molecular complexity index is 365. The topological polar surface area (TPSA) is 54.9 Å². The van der Waals surface area contributed by atoms with Gasteiger partial charge in [0.25, 0.3) is 5.91 Å². The summed E-state index contributed by atoms with van der Waals surface area (Å²) in [6, 6.07) is 3.22. The summed E-state index contributed by atoms with van der Waals surface area (Å²) in [6.45, 7) is 3.47. The zero-order valence-corrected chi connectivity index (χ0v) is 8.11. The van der Waals surface area contributed by atoms with Crippen LogP contribution < -0.4 is 5.32 Å². The van der Waals surface area contributed by atoms with Crippen molar-refractivity contribution in [1.82, 2.24) is 15.5 Å². The molecule has 0 aliphatic heterocycles. The molecule has 4 nitrogen and oxygen atoms in total. The fourth-order valence-corrected chi connectivity index (χ4v) is 0.807. The quantitative estimate of drug-likeness (QED) is 0.694. The first-order valence-corrected chi connectivity index (χ1v) is 4.13. The predicted molar refractivity (Wildman–Crippen MR) is 52.4 cm³/mol. The van der Waals surface area contributed by atoms with E-state index in [1.165, 1.54) is 6.20 Å². The lowest BCUT2D eigenvalue weighted by Crippen LogP contribution is -2.42. The fourth-order valence-electron chi connectivity index (χ4n) is 0.807.